The minimum absolute atomic E-state index is 0.177. The summed E-state index contributed by atoms with van der Waals surface area (Å²) in [6.45, 7) is 5.92. The molecule has 0 unspecified atom stereocenters. The van der Waals surface area contributed by atoms with Gasteiger partial charge in [-0.1, -0.05) is 30.3 Å². The van der Waals surface area contributed by atoms with Crippen molar-refractivity contribution >= 4 is 56.9 Å². The number of aryl methyl sites for hydroxylation is 1. The molecule has 0 fully saturated rings. The van der Waals surface area contributed by atoms with Gasteiger partial charge in [0.15, 0.2) is 5.11 Å². The van der Waals surface area contributed by atoms with Gasteiger partial charge in [0, 0.05) is 21.6 Å². The number of carbonyl (C=O) groups excluding carboxylic acids is 2. The molecular formula is C22H23N3O3S3. The third-order valence-corrected chi connectivity index (χ3v) is 6.81. The molecule has 0 aliphatic rings. The van der Waals surface area contributed by atoms with E-state index in [0.29, 0.717) is 22.5 Å². The summed E-state index contributed by atoms with van der Waals surface area (Å²) in [5.41, 5.74) is 8.40. The molecule has 0 atom stereocenters. The highest BCUT2D eigenvalue weighted by Crippen LogP contribution is 2.30. The van der Waals surface area contributed by atoms with E-state index >= 15 is 0 Å². The van der Waals surface area contributed by atoms with E-state index in [2.05, 4.69) is 16.2 Å². The van der Waals surface area contributed by atoms with Crippen LogP contribution in [0.4, 0.5) is 5.00 Å². The number of hydrogen-bond donors (Lipinski definition) is 3. The summed E-state index contributed by atoms with van der Waals surface area (Å²) in [7, 11) is 0. The van der Waals surface area contributed by atoms with Gasteiger partial charge in [0.2, 0.25) is 0 Å². The number of thiocarbonyl (C=S) groups is 1. The smallest absolute Gasteiger partial charge is 0.341 e. The monoisotopic (exact) mass is 473 g/mol. The van der Waals surface area contributed by atoms with E-state index < -0.39 is 5.97 Å². The number of hydrazine groups is 1. The summed E-state index contributed by atoms with van der Waals surface area (Å²) in [6, 6.07) is 11.8. The standard InChI is InChI=1S/C22H23N3O3S3/c1-4-28-21(27)17-11-16(10-15-8-6-5-7-9-15)31-20(17)23-22(29)25-24-19(26)18-12-30-14(3)13(18)2/h5-9,11-12H,4,10H2,1-3H3,(H,24,26)(H2,23,25,29). The molecule has 31 heavy (non-hydrogen) atoms. The minimum Gasteiger partial charge on any atom is -0.462 e. The van der Waals surface area contributed by atoms with Gasteiger partial charge in [-0.25, -0.2) is 4.79 Å². The molecule has 0 aliphatic carbocycles. The highest BCUT2D eigenvalue weighted by atomic mass is 32.1. The number of benzene rings is 1. The van der Waals surface area contributed by atoms with Gasteiger partial charge < -0.3 is 10.1 Å². The topological polar surface area (TPSA) is 79.5 Å². The summed E-state index contributed by atoms with van der Waals surface area (Å²) in [6.07, 6.45) is 0.688. The molecular weight excluding hydrogens is 450 g/mol. The van der Waals surface area contributed by atoms with Crippen molar-refractivity contribution in [1.29, 1.82) is 0 Å². The molecule has 0 radical (unpaired) electrons. The Morgan fingerprint density at radius 1 is 1.10 bits per heavy atom. The van der Waals surface area contributed by atoms with E-state index in [1.54, 1.807) is 6.92 Å². The van der Waals surface area contributed by atoms with Gasteiger partial charge in [0.05, 0.1) is 17.7 Å². The van der Waals surface area contributed by atoms with Gasteiger partial charge in [0.25, 0.3) is 5.91 Å². The van der Waals surface area contributed by atoms with Crippen molar-refractivity contribution in [3.05, 3.63) is 73.8 Å². The molecule has 1 aromatic carbocycles. The van der Waals surface area contributed by atoms with E-state index in [4.69, 9.17) is 17.0 Å². The first-order chi connectivity index (χ1) is 14.9. The number of esters is 1. The van der Waals surface area contributed by atoms with Crippen LogP contribution >= 0.6 is 34.9 Å². The maximum atomic E-state index is 12.4. The van der Waals surface area contributed by atoms with Gasteiger partial charge in [-0.2, -0.15) is 0 Å². The zero-order valence-electron chi connectivity index (χ0n) is 17.4. The average Bonchev–Trinajstić information content (AvgIpc) is 3.30. The molecule has 1 amide bonds. The zero-order valence-corrected chi connectivity index (χ0v) is 19.9. The van der Waals surface area contributed by atoms with Crippen molar-refractivity contribution in [3.8, 4) is 0 Å². The Bertz CT molecular complexity index is 1090. The fourth-order valence-corrected chi connectivity index (χ4v) is 5.00. The highest BCUT2D eigenvalue weighted by Gasteiger charge is 2.19. The van der Waals surface area contributed by atoms with Crippen molar-refractivity contribution in [1.82, 2.24) is 10.9 Å². The maximum absolute atomic E-state index is 12.4. The third kappa shape index (κ3) is 5.90. The molecule has 0 bridgehead atoms. The number of rotatable bonds is 6. The van der Waals surface area contributed by atoms with Crippen molar-refractivity contribution < 1.29 is 14.3 Å². The van der Waals surface area contributed by atoms with E-state index in [0.717, 1.165) is 20.9 Å². The molecule has 0 spiro atoms. The third-order valence-electron chi connectivity index (χ3n) is 4.55. The fourth-order valence-electron chi connectivity index (χ4n) is 2.83. The van der Waals surface area contributed by atoms with Crippen molar-refractivity contribution in [3.63, 3.8) is 0 Å². The number of nitrogens with one attached hydrogen (secondary N) is 3. The highest BCUT2D eigenvalue weighted by molar-refractivity contribution is 7.80. The number of amides is 1. The summed E-state index contributed by atoms with van der Waals surface area (Å²) < 4.78 is 5.18. The summed E-state index contributed by atoms with van der Waals surface area (Å²) >= 11 is 8.26. The van der Waals surface area contributed by atoms with Crippen LogP contribution in [0.1, 0.15) is 48.5 Å². The van der Waals surface area contributed by atoms with Gasteiger partial charge in [-0.3, -0.25) is 15.6 Å². The van der Waals surface area contributed by atoms with E-state index in [1.807, 2.05) is 55.6 Å². The van der Waals surface area contributed by atoms with Crippen LogP contribution in [0.5, 0.6) is 0 Å². The predicted octanol–water partition coefficient (Wildman–Crippen LogP) is 4.83. The molecule has 0 saturated heterocycles. The molecule has 0 aliphatic heterocycles. The quantitative estimate of drug-likeness (QED) is 0.270. The van der Waals surface area contributed by atoms with Crippen LogP contribution in [0.25, 0.3) is 0 Å². The SMILES string of the molecule is CCOC(=O)c1cc(Cc2ccccc2)sc1NC(=S)NNC(=O)c1csc(C)c1C. The molecule has 3 rings (SSSR count). The Morgan fingerprint density at radius 3 is 2.48 bits per heavy atom. The summed E-state index contributed by atoms with van der Waals surface area (Å²) in [5, 5.41) is 5.57. The number of ether oxygens (including phenoxy) is 1. The summed E-state index contributed by atoms with van der Waals surface area (Å²) in [5.74, 6) is -0.690. The Hall–Kier alpha value is -2.75. The predicted molar refractivity (Wildman–Crippen MR) is 130 cm³/mol. The average molecular weight is 474 g/mol. The first-order valence-corrected chi connectivity index (χ1v) is 11.7. The van der Waals surface area contributed by atoms with Crippen LogP contribution in [-0.2, 0) is 11.2 Å². The number of thiophene rings is 2. The first-order valence-electron chi connectivity index (χ1n) is 9.64. The van der Waals surface area contributed by atoms with E-state index in [1.165, 1.54) is 22.7 Å². The Kier molecular flexibility index (Phi) is 7.78. The van der Waals surface area contributed by atoms with Crippen LogP contribution in [0.15, 0.2) is 41.8 Å². The van der Waals surface area contributed by atoms with E-state index in [-0.39, 0.29) is 17.6 Å². The van der Waals surface area contributed by atoms with Crippen molar-refractivity contribution in [2.45, 2.75) is 27.2 Å². The van der Waals surface area contributed by atoms with Crippen LogP contribution in [0.2, 0.25) is 0 Å². The van der Waals surface area contributed by atoms with E-state index in [9.17, 15) is 9.59 Å². The van der Waals surface area contributed by atoms with Crippen LogP contribution in [0.3, 0.4) is 0 Å². The zero-order chi connectivity index (χ0) is 22.4. The lowest BCUT2D eigenvalue weighted by molar-refractivity contribution is 0.0528. The first kappa shape index (κ1) is 22.9. The molecule has 162 valence electrons. The molecule has 3 aromatic rings. The van der Waals surface area contributed by atoms with Crippen LogP contribution in [0, 0.1) is 13.8 Å². The lowest BCUT2D eigenvalue weighted by Crippen LogP contribution is -2.43. The fraction of sp³-hybridized carbons (Fsp3) is 0.227. The minimum atomic E-state index is -0.420. The summed E-state index contributed by atoms with van der Waals surface area (Å²) in [4.78, 5) is 26.9. The Labute approximate surface area is 194 Å². The van der Waals surface area contributed by atoms with Gasteiger partial charge >= 0.3 is 5.97 Å². The second kappa shape index (κ2) is 10.5. The van der Waals surface area contributed by atoms with Crippen LogP contribution < -0.4 is 16.2 Å². The Morgan fingerprint density at radius 2 is 1.84 bits per heavy atom. The van der Waals surface area contributed by atoms with Crippen LogP contribution in [-0.4, -0.2) is 23.6 Å². The maximum Gasteiger partial charge on any atom is 0.341 e. The number of hydrogen-bond acceptors (Lipinski definition) is 6. The molecule has 3 N–H and O–H groups in total. The van der Waals surface area contributed by atoms with Crippen molar-refractivity contribution in [2.75, 3.05) is 11.9 Å². The number of carbonyl (C=O) groups is 2. The second-order valence-corrected chi connectivity index (χ2v) is 9.33. The molecule has 0 saturated carbocycles. The van der Waals surface area contributed by atoms with Gasteiger partial charge in [-0.05, 0) is 50.2 Å². The molecule has 6 nitrogen and oxygen atoms in total. The Balaban J connectivity index is 1.69. The lowest BCUT2D eigenvalue weighted by atomic mass is 10.1. The van der Waals surface area contributed by atoms with Gasteiger partial charge in [-0.15, -0.1) is 22.7 Å². The number of anilines is 1. The van der Waals surface area contributed by atoms with Crippen molar-refractivity contribution in [2.24, 2.45) is 0 Å². The molecule has 2 aromatic heterocycles. The molecule has 9 heteroatoms. The lowest BCUT2D eigenvalue weighted by Gasteiger charge is -2.11. The van der Waals surface area contributed by atoms with Gasteiger partial charge in [0.1, 0.15) is 5.00 Å². The normalized spacial score (nSPS) is 10.4. The molecule has 2 heterocycles. The largest absolute Gasteiger partial charge is 0.462 e. The second-order valence-electron chi connectivity index (χ2n) is 6.70.